The molecule has 5 heteroatoms. The molecule has 0 aliphatic heterocycles. The molecule has 5 rings (SSSR count). The van der Waals surface area contributed by atoms with E-state index in [0.29, 0.717) is 17.4 Å². The quantitative estimate of drug-likeness (QED) is 0.867. The van der Waals surface area contributed by atoms with Crippen LogP contribution in [-0.2, 0) is 4.79 Å². The predicted molar refractivity (Wildman–Crippen MR) is 80.9 cm³/mol. The second kappa shape index (κ2) is 4.94. The van der Waals surface area contributed by atoms with Crippen molar-refractivity contribution < 1.29 is 4.79 Å². The Bertz CT molecular complexity index is 539. The van der Waals surface area contributed by atoms with Crippen LogP contribution in [0.15, 0.2) is 12.4 Å². The zero-order valence-corrected chi connectivity index (χ0v) is 12.8. The molecule has 1 N–H and O–H groups in total. The molecule has 1 heterocycles. The molecule has 1 aromatic heterocycles. The molecule has 21 heavy (non-hydrogen) atoms. The smallest absolute Gasteiger partial charge is 0.226 e. The lowest BCUT2D eigenvalue weighted by atomic mass is 9.49. The number of carbonyl (C=O) groups excluding carboxylic acids is 1. The van der Waals surface area contributed by atoms with Crippen molar-refractivity contribution in [1.29, 1.82) is 0 Å². The fourth-order valence-electron chi connectivity index (χ4n) is 5.44. The normalized spacial score (nSPS) is 36.7. The molecular weight excluding hydrogens is 286 g/mol. The van der Waals surface area contributed by atoms with Crippen LogP contribution >= 0.6 is 11.6 Å². The standard InChI is InChI=1S/C16H20ClN3O/c17-13-4-14(19-9-18-13)20-15(21)8-16-5-10-1-11(6-16)3-12(2-10)7-16/h4,9-12H,1-3,5-8H2,(H,18,19,20,21). The SMILES string of the molecule is O=C(CC12CC3CC(CC(C3)C1)C2)Nc1cc(Cl)ncn1. The van der Waals surface area contributed by atoms with E-state index in [2.05, 4.69) is 15.3 Å². The second-order valence-electron chi connectivity index (χ2n) is 7.37. The third kappa shape index (κ3) is 2.66. The molecule has 4 bridgehead atoms. The van der Waals surface area contributed by atoms with Crippen molar-refractivity contribution >= 4 is 23.3 Å². The summed E-state index contributed by atoms with van der Waals surface area (Å²) in [5, 5.41) is 3.24. The van der Waals surface area contributed by atoms with Gasteiger partial charge in [0.05, 0.1) is 0 Å². The van der Waals surface area contributed by atoms with Crippen molar-refractivity contribution in [2.24, 2.45) is 23.2 Å². The Hall–Kier alpha value is -1.16. The van der Waals surface area contributed by atoms with Gasteiger partial charge in [-0.3, -0.25) is 4.79 Å². The van der Waals surface area contributed by atoms with E-state index in [-0.39, 0.29) is 11.3 Å². The van der Waals surface area contributed by atoms with Crippen LogP contribution in [0.5, 0.6) is 0 Å². The highest BCUT2D eigenvalue weighted by Gasteiger charge is 2.51. The number of nitrogens with one attached hydrogen (secondary N) is 1. The van der Waals surface area contributed by atoms with Gasteiger partial charge in [-0.05, 0) is 61.7 Å². The van der Waals surface area contributed by atoms with Gasteiger partial charge >= 0.3 is 0 Å². The molecule has 0 atom stereocenters. The summed E-state index contributed by atoms with van der Waals surface area (Å²) in [5.41, 5.74) is 0.260. The minimum absolute atomic E-state index is 0.0757. The lowest BCUT2D eigenvalue weighted by Gasteiger charge is -2.56. The Kier molecular flexibility index (Phi) is 3.18. The number of aromatic nitrogens is 2. The summed E-state index contributed by atoms with van der Waals surface area (Å²) in [6.45, 7) is 0. The number of halogens is 1. The predicted octanol–water partition coefficient (Wildman–Crippen LogP) is 3.68. The monoisotopic (exact) mass is 305 g/mol. The first-order chi connectivity index (χ1) is 10.1. The van der Waals surface area contributed by atoms with Crippen LogP contribution in [0.25, 0.3) is 0 Å². The number of hydrogen-bond acceptors (Lipinski definition) is 3. The molecule has 4 aliphatic carbocycles. The molecule has 1 amide bonds. The Morgan fingerprint density at radius 1 is 1.19 bits per heavy atom. The van der Waals surface area contributed by atoms with Crippen molar-refractivity contribution in [2.45, 2.75) is 44.9 Å². The fraction of sp³-hybridized carbons (Fsp3) is 0.688. The average molecular weight is 306 g/mol. The second-order valence-corrected chi connectivity index (χ2v) is 7.76. The molecule has 0 unspecified atom stereocenters. The first kappa shape index (κ1) is 13.5. The van der Waals surface area contributed by atoms with Crippen LogP contribution in [0.2, 0.25) is 5.15 Å². The molecule has 1 aromatic rings. The number of nitrogens with zero attached hydrogens (tertiary/aromatic N) is 2. The van der Waals surface area contributed by atoms with Gasteiger partial charge in [0.2, 0.25) is 5.91 Å². The fourth-order valence-corrected chi connectivity index (χ4v) is 5.58. The molecule has 4 nitrogen and oxygen atoms in total. The van der Waals surface area contributed by atoms with Gasteiger partial charge in [-0.1, -0.05) is 11.6 Å². The maximum absolute atomic E-state index is 12.4. The van der Waals surface area contributed by atoms with Crippen LogP contribution in [0.4, 0.5) is 5.82 Å². The summed E-state index contributed by atoms with van der Waals surface area (Å²) in [7, 11) is 0. The van der Waals surface area contributed by atoms with Gasteiger partial charge in [-0.25, -0.2) is 9.97 Å². The van der Waals surface area contributed by atoms with Gasteiger partial charge in [-0.15, -0.1) is 0 Å². The molecule has 4 fully saturated rings. The van der Waals surface area contributed by atoms with E-state index >= 15 is 0 Å². The summed E-state index contributed by atoms with van der Waals surface area (Å²) in [6.07, 6.45) is 9.97. The first-order valence-electron chi connectivity index (χ1n) is 7.88. The summed E-state index contributed by atoms with van der Waals surface area (Å²) in [5.74, 6) is 3.20. The highest BCUT2D eigenvalue weighted by molar-refractivity contribution is 6.29. The van der Waals surface area contributed by atoms with Crippen LogP contribution in [0, 0.1) is 23.2 Å². The van der Waals surface area contributed by atoms with Crippen LogP contribution < -0.4 is 5.32 Å². The maximum Gasteiger partial charge on any atom is 0.226 e. The van der Waals surface area contributed by atoms with E-state index in [4.69, 9.17) is 11.6 Å². The molecule has 0 aromatic carbocycles. The molecule has 112 valence electrons. The summed E-state index contributed by atoms with van der Waals surface area (Å²) in [6, 6.07) is 1.60. The third-order valence-corrected chi connectivity index (χ3v) is 5.81. The van der Waals surface area contributed by atoms with E-state index in [1.165, 1.54) is 44.9 Å². The summed E-state index contributed by atoms with van der Waals surface area (Å²) in [4.78, 5) is 20.3. The number of amides is 1. The Labute approximate surface area is 129 Å². The molecule has 0 radical (unpaired) electrons. The lowest BCUT2D eigenvalue weighted by Crippen LogP contribution is -2.47. The van der Waals surface area contributed by atoms with Crippen LogP contribution in [-0.4, -0.2) is 15.9 Å². The van der Waals surface area contributed by atoms with Crippen molar-refractivity contribution in [2.75, 3.05) is 5.32 Å². The Morgan fingerprint density at radius 3 is 2.38 bits per heavy atom. The van der Waals surface area contributed by atoms with Crippen LogP contribution in [0.1, 0.15) is 44.9 Å². The molecule has 0 spiro atoms. The minimum atomic E-state index is 0.0757. The highest BCUT2D eigenvalue weighted by atomic mass is 35.5. The van der Waals surface area contributed by atoms with Gasteiger partial charge in [0, 0.05) is 12.5 Å². The summed E-state index contributed by atoms with van der Waals surface area (Å²) >= 11 is 5.83. The average Bonchev–Trinajstić information content (AvgIpc) is 2.35. The maximum atomic E-state index is 12.4. The van der Waals surface area contributed by atoms with Crippen molar-refractivity contribution in [3.63, 3.8) is 0 Å². The van der Waals surface area contributed by atoms with E-state index < -0.39 is 0 Å². The molecular formula is C16H20ClN3O. The van der Waals surface area contributed by atoms with Gasteiger partial charge < -0.3 is 5.32 Å². The van der Waals surface area contributed by atoms with E-state index in [0.717, 1.165) is 17.8 Å². The number of anilines is 1. The van der Waals surface area contributed by atoms with Crippen molar-refractivity contribution in [3.8, 4) is 0 Å². The number of rotatable bonds is 3. The largest absolute Gasteiger partial charge is 0.311 e. The molecule has 4 aliphatic rings. The van der Waals surface area contributed by atoms with Gasteiger partial charge in [-0.2, -0.15) is 0 Å². The zero-order chi connectivity index (χ0) is 14.4. The van der Waals surface area contributed by atoms with E-state index in [1.54, 1.807) is 6.07 Å². The van der Waals surface area contributed by atoms with Crippen molar-refractivity contribution in [1.82, 2.24) is 9.97 Å². The van der Waals surface area contributed by atoms with Crippen LogP contribution in [0.3, 0.4) is 0 Å². The van der Waals surface area contributed by atoms with Gasteiger partial charge in [0.15, 0.2) is 0 Å². The molecule has 4 saturated carbocycles. The Morgan fingerprint density at radius 2 is 1.81 bits per heavy atom. The lowest BCUT2D eigenvalue weighted by molar-refractivity contribution is -0.124. The topological polar surface area (TPSA) is 54.9 Å². The van der Waals surface area contributed by atoms with Gasteiger partial charge in [0.1, 0.15) is 17.3 Å². The minimum Gasteiger partial charge on any atom is -0.311 e. The van der Waals surface area contributed by atoms with E-state index in [9.17, 15) is 4.79 Å². The molecule has 0 saturated heterocycles. The van der Waals surface area contributed by atoms with Crippen molar-refractivity contribution in [3.05, 3.63) is 17.5 Å². The Balaban J connectivity index is 1.45. The number of hydrogen-bond donors (Lipinski definition) is 1. The van der Waals surface area contributed by atoms with E-state index in [1.807, 2.05) is 0 Å². The van der Waals surface area contributed by atoms with Gasteiger partial charge in [0.25, 0.3) is 0 Å². The zero-order valence-electron chi connectivity index (χ0n) is 12.0. The number of carbonyl (C=O) groups is 1. The third-order valence-electron chi connectivity index (χ3n) is 5.60. The summed E-state index contributed by atoms with van der Waals surface area (Å²) < 4.78 is 0. The first-order valence-corrected chi connectivity index (χ1v) is 8.25. The highest BCUT2D eigenvalue weighted by Crippen LogP contribution is 2.61.